The van der Waals surface area contributed by atoms with Crippen molar-refractivity contribution in [2.45, 2.75) is 26.7 Å². The number of benzene rings is 2. The molecule has 0 unspecified atom stereocenters. The van der Waals surface area contributed by atoms with E-state index in [2.05, 4.69) is 41.6 Å². The summed E-state index contributed by atoms with van der Waals surface area (Å²) in [6, 6.07) is 6.30. The highest BCUT2D eigenvalue weighted by molar-refractivity contribution is 9.11. The van der Waals surface area contributed by atoms with E-state index in [9.17, 15) is 9.59 Å². The molecule has 0 aliphatic rings. The van der Waals surface area contributed by atoms with Gasteiger partial charge in [0.05, 0.1) is 23.2 Å². The van der Waals surface area contributed by atoms with Crippen LogP contribution in [0.15, 0.2) is 33.2 Å². The number of hydrogen-bond acceptors (Lipinski definition) is 8. The lowest BCUT2D eigenvalue weighted by Gasteiger charge is -2.16. The Balaban J connectivity index is 2.04. The van der Waals surface area contributed by atoms with Crippen molar-refractivity contribution in [3.63, 3.8) is 0 Å². The van der Waals surface area contributed by atoms with Crippen LogP contribution in [0.4, 0.5) is 0 Å². The van der Waals surface area contributed by atoms with Crippen LogP contribution < -0.4 is 19.2 Å². The van der Waals surface area contributed by atoms with Crippen molar-refractivity contribution in [1.82, 2.24) is 0 Å². The molecular formula is C20H20Br2O8. The molecular weight excluding hydrogens is 528 g/mol. The monoisotopic (exact) mass is 546 g/mol. The third-order valence-electron chi connectivity index (χ3n) is 4.01. The van der Waals surface area contributed by atoms with Gasteiger partial charge in [0.15, 0.2) is 11.5 Å². The molecule has 0 aliphatic carbocycles. The van der Waals surface area contributed by atoms with E-state index in [-0.39, 0.29) is 11.5 Å². The van der Waals surface area contributed by atoms with E-state index < -0.39 is 11.9 Å². The quantitative estimate of drug-likeness (QED) is 0.266. The maximum Gasteiger partial charge on any atom is 0.467 e. The molecule has 0 aromatic heterocycles. The number of halogens is 2. The second-order valence-corrected chi connectivity index (χ2v) is 7.42. The third-order valence-corrected chi connectivity index (χ3v) is 5.53. The second-order valence-electron chi connectivity index (χ2n) is 5.77. The van der Waals surface area contributed by atoms with Crippen LogP contribution in [0.2, 0.25) is 0 Å². The number of ether oxygens (including phenoxy) is 2. The predicted molar refractivity (Wildman–Crippen MR) is 114 cm³/mol. The maximum atomic E-state index is 11.9. The molecule has 8 nitrogen and oxygen atoms in total. The molecule has 30 heavy (non-hydrogen) atoms. The van der Waals surface area contributed by atoms with Crippen LogP contribution in [0.1, 0.15) is 25.0 Å². The lowest BCUT2D eigenvalue weighted by Crippen LogP contribution is -2.23. The van der Waals surface area contributed by atoms with Crippen LogP contribution in [0, 0.1) is 0 Å². The molecule has 0 amide bonds. The third kappa shape index (κ3) is 5.57. The van der Waals surface area contributed by atoms with Crippen LogP contribution in [0.3, 0.4) is 0 Å². The van der Waals surface area contributed by atoms with E-state index in [1.807, 2.05) is 13.8 Å². The molecule has 2 aromatic rings. The SMILES string of the molecule is CCc1cc(OOC(=O)C(=O)OOc2ccc(Br)c(OC)c2)c(CC)c(OC)c1Br. The Morgan fingerprint density at radius 2 is 1.53 bits per heavy atom. The summed E-state index contributed by atoms with van der Waals surface area (Å²) in [5, 5.41) is 0. The Labute approximate surface area is 190 Å². The minimum Gasteiger partial charge on any atom is -0.495 e. The highest BCUT2D eigenvalue weighted by Gasteiger charge is 2.24. The fraction of sp³-hybridized carbons (Fsp3) is 0.300. The molecule has 0 bridgehead atoms. The fourth-order valence-corrected chi connectivity index (χ4v) is 3.71. The second kappa shape index (κ2) is 11.1. The first-order chi connectivity index (χ1) is 14.4. The first-order valence-corrected chi connectivity index (χ1v) is 10.4. The molecule has 0 atom stereocenters. The zero-order chi connectivity index (χ0) is 22.3. The molecule has 0 fully saturated rings. The summed E-state index contributed by atoms with van der Waals surface area (Å²) in [7, 11) is 3.00. The lowest BCUT2D eigenvalue weighted by atomic mass is 10.1. The maximum absolute atomic E-state index is 11.9. The van der Waals surface area contributed by atoms with E-state index in [4.69, 9.17) is 19.2 Å². The summed E-state index contributed by atoms with van der Waals surface area (Å²) in [5.74, 6) is -1.35. The Morgan fingerprint density at radius 1 is 0.867 bits per heavy atom. The van der Waals surface area contributed by atoms with Gasteiger partial charge in [0.2, 0.25) is 0 Å². The molecule has 10 heteroatoms. The minimum atomic E-state index is -1.39. The Hall–Kier alpha value is -2.46. The van der Waals surface area contributed by atoms with Crippen molar-refractivity contribution < 1.29 is 38.6 Å². The summed E-state index contributed by atoms with van der Waals surface area (Å²) in [4.78, 5) is 42.8. The van der Waals surface area contributed by atoms with Crippen molar-refractivity contribution in [3.05, 3.63) is 44.3 Å². The first kappa shape index (κ1) is 23.8. The number of methoxy groups -OCH3 is 2. The topological polar surface area (TPSA) is 89.5 Å². The van der Waals surface area contributed by atoms with Gasteiger partial charge < -0.3 is 9.47 Å². The zero-order valence-electron chi connectivity index (χ0n) is 16.7. The van der Waals surface area contributed by atoms with Crippen LogP contribution in [-0.2, 0) is 32.2 Å². The van der Waals surface area contributed by atoms with E-state index in [1.54, 1.807) is 12.1 Å². The number of aryl methyl sites for hydroxylation is 1. The van der Waals surface area contributed by atoms with Gasteiger partial charge in [-0.3, -0.25) is 9.78 Å². The Kier molecular flexibility index (Phi) is 8.79. The molecule has 162 valence electrons. The first-order valence-electron chi connectivity index (χ1n) is 8.85. The van der Waals surface area contributed by atoms with Crippen LogP contribution >= 0.6 is 31.9 Å². The predicted octanol–water partition coefficient (Wildman–Crippen LogP) is 4.73. The normalized spacial score (nSPS) is 10.2. The number of rotatable bonds is 8. The summed E-state index contributed by atoms with van der Waals surface area (Å²) < 4.78 is 12.0. The Morgan fingerprint density at radius 3 is 2.10 bits per heavy atom. The van der Waals surface area contributed by atoms with Crippen molar-refractivity contribution in [1.29, 1.82) is 0 Å². The molecule has 2 aromatic carbocycles. The molecule has 0 heterocycles. The number of carbonyl (C=O) groups is 2. The summed E-state index contributed by atoms with van der Waals surface area (Å²) in [5.41, 5.74) is 1.55. The molecule has 0 aliphatic heterocycles. The van der Waals surface area contributed by atoms with Crippen molar-refractivity contribution in [3.8, 4) is 23.0 Å². The lowest BCUT2D eigenvalue weighted by molar-refractivity contribution is -0.241. The molecule has 0 saturated carbocycles. The smallest absolute Gasteiger partial charge is 0.467 e. The highest BCUT2D eigenvalue weighted by Crippen LogP contribution is 2.39. The highest BCUT2D eigenvalue weighted by atomic mass is 79.9. The summed E-state index contributed by atoms with van der Waals surface area (Å²) in [6.07, 6.45) is 1.22. The molecule has 0 radical (unpaired) electrons. The molecule has 2 rings (SSSR count). The van der Waals surface area contributed by atoms with Gasteiger partial charge in [-0.2, -0.15) is 0 Å². The van der Waals surface area contributed by atoms with Crippen LogP contribution in [-0.4, -0.2) is 26.2 Å². The van der Waals surface area contributed by atoms with Gasteiger partial charge in [-0.25, -0.2) is 19.4 Å². The van der Waals surface area contributed by atoms with Gasteiger partial charge >= 0.3 is 11.9 Å². The van der Waals surface area contributed by atoms with Gasteiger partial charge in [0.1, 0.15) is 11.5 Å². The fourth-order valence-electron chi connectivity index (χ4n) is 2.51. The zero-order valence-corrected chi connectivity index (χ0v) is 19.9. The van der Waals surface area contributed by atoms with E-state index in [1.165, 1.54) is 26.4 Å². The van der Waals surface area contributed by atoms with E-state index >= 15 is 0 Å². The van der Waals surface area contributed by atoms with Crippen molar-refractivity contribution in [2.75, 3.05) is 14.2 Å². The molecule has 0 N–H and O–H groups in total. The largest absolute Gasteiger partial charge is 0.495 e. The van der Waals surface area contributed by atoms with E-state index in [0.29, 0.717) is 34.4 Å². The van der Waals surface area contributed by atoms with Crippen molar-refractivity contribution >= 4 is 43.8 Å². The van der Waals surface area contributed by atoms with Gasteiger partial charge in [0, 0.05) is 11.6 Å². The number of hydrogen-bond donors (Lipinski definition) is 0. The van der Waals surface area contributed by atoms with Gasteiger partial charge in [-0.05, 0) is 68.5 Å². The summed E-state index contributed by atoms with van der Waals surface area (Å²) in [6.45, 7) is 3.84. The van der Waals surface area contributed by atoms with Gasteiger partial charge in [-0.15, -0.1) is 0 Å². The van der Waals surface area contributed by atoms with Crippen LogP contribution in [0.25, 0.3) is 0 Å². The Bertz CT molecular complexity index is 930. The van der Waals surface area contributed by atoms with Crippen molar-refractivity contribution in [2.24, 2.45) is 0 Å². The average Bonchev–Trinajstić information content (AvgIpc) is 2.76. The molecule has 0 saturated heterocycles. The summed E-state index contributed by atoms with van der Waals surface area (Å²) >= 11 is 6.78. The molecule has 0 spiro atoms. The minimum absolute atomic E-state index is 0.149. The number of carbonyl (C=O) groups excluding carboxylic acids is 2. The average molecular weight is 548 g/mol. The van der Waals surface area contributed by atoms with Gasteiger partial charge in [-0.1, -0.05) is 13.8 Å². The van der Waals surface area contributed by atoms with Crippen LogP contribution in [0.5, 0.6) is 23.0 Å². The standard InChI is InChI=1S/C20H20Br2O8/c1-5-11-9-15(13(6-2)18(26-4)17(11)22)28-30-20(24)19(23)29-27-12-7-8-14(21)16(10-12)25-3/h7-10H,5-6H2,1-4H3. The van der Waals surface area contributed by atoms with E-state index in [0.717, 1.165) is 10.0 Å². The van der Waals surface area contributed by atoms with Gasteiger partial charge in [0.25, 0.3) is 0 Å².